The zero-order chi connectivity index (χ0) is 17.3. The van der Waals surface area contributed by atoms with Crippen LogP contribution in [0.25, 0.3) is 0 Å². The molecule has 0 spiro atoms. The molecule has 0 aromatic heterocycles. The second kappa shape index (κ2) is 9.51. The Balaban J connectivity index is 1.42. The minimum absolute atomic E-state index is 0.233. The van der Waals surface area contributed by atoms with Gasteiger partial charge in [0.2, 0.25) is 0 Å². The van der Waals surface area contributed by atoms with Crippen molar-refractivity contribution in [2.24, 2.45) is 0 Å². The van der Waals surface area contributed by atoms with Crippen molar-refractivity contribution >= 4 is 0 Å². The Morgan fingerprint density at radius 1 is 1.08 bits per heavy atom. The topological polar surface area (TPSA) is 33.7 Å². The summed E-state index contributed by atoms with van der Waals surface area (Å²) in [5.74, 6) is 0.527. The van der Waals surface area contributed by atoms with Gasteiger partial charge in [-0.2, -0.15) is 0 Å². The van der Waals surface area contributed by atoms with Gasteiger partial charge in [0.25, 0.3) is 0 Å². The Morgan fingerprint density at radius 2 is 1.92 bits per heavy atom. The molecule has 4 nitrogen and oxygen atoms in total. The molecule has 0 atom stereocenters. The monoisotopic (exact) mass is 344 g/mol. The van der Waals surface area contributed by atoms with Gasteiger partial charge >= 0.3 is 0 Å². The van der Waals surface area contributed by atoms with Gasteiger partial charge in [-0.1, -0.05) is 30.3 Å². The SMILES string of the molecule is Fc1ccccc1COc1cccc(CNCCN2CCOCC2)c1. The fraction of sp³-hybridized carbons (Fsp3) is 0.400. The summed E-state index contributed by atoms with van der Waals surface area (Å²) in [6.45, 7) is 6.71. The predicted molar refractivity (Wildman–Crippen MR) is 96.1 cm³/mol. The molecule has 134 valence electrons. The van der Waals surface area contributed by atoms with E-state index in [2.05, 4.69) is 16.3 Å². The molecular weight excluding hydrogens is 319 g/mol. The van der Waals surface area contributed by atoms with Gasteiger partial charge in [0.15, 0.2) is 0 Å². The number of ether oxygens (including phenoxy) is 2. The maximum absolute atomic E-state index is 13.6. The third-order valence-corrected chi connectivity index (χ3v) is 4.29. The third kappa shape index (κ3) is 5.81. The molecule has 0 unspecified atom stereocenters. The Hall–Kier alpha value is -1.95. The highest BCUT2D eigenvalue weighted by Gasteiger charge is 2.09. The molecule has 0 saturated carbocycles. The molecule has 0 amide bonds. The first-order valence-corrected chi connectivity index (χ1v) is 8.77. The van der Waals surface area contributed by atoms with E-state index in [0.717, 1.165) is 57.3 Å². The van der Waals surface area contributed by atoms with Gasteiger partial charge in [0.05, 0.1) is 13.2 Å². The lowest BCUT2D eigenvalue weighted by atomic mass is 10.2. The standard InChI is InChI=1S/C20H25FN2O2/c21-20-7-2-1-5-18(20)16-25-19-6-3-4-17(14-19)15-22-8-9-23-10-12-24-13-11-23/h1-7,14,22H,8-13,15-16H2. The van der Waals surface area contributed by atoms with Crippen LogP contribution in [0.2, 0.25) is 0 Å². The molecule has 1 fully saturated rings. The van der Waals surface area contributed by atoms with Crippen LogP contribution in [0.15, 0.2) is 48.5 Å². The van der Waals surface area contributed by atoms with Crippen molar-refractivity contribution in [3.8, 4) is 5.75 Å². The lowest BCUT2D eigenvalue weighted by molar-refractivity contribution is 0.0384. The lowest BCUT2D eigenvalue weighted by Crippen LogP contribution is -2.40. The average Bonchev–Trinajstić information content (AvgIpc) is 2.66. The summed E-state index contributed by atoms with van der Waals surface area (Å²) >= 11 is 0. The largest absolute Gasteiger partial charge is 0.489 e. The normalized spacial score (nSPS) is 15.2. The summed E-state index contributed by atoms with van der Waals surface area (Å²) < 4.78 is 24.7. The second-order valence-corrected chi connectivity index (χ2v) is 6.16. The number of morpholine rings is 1. The lowest BCUT2D eigenvalue weighted by Gasteiger charge is -2.26. The van der Waals surface area contributed by atoms with Crippen molar-refractivity contribution in [1.82, 2.24) is 10.2 Å². The molecular formula is C20H25FN2O2. The molecule has 25 heavy (non-hydrogen) atoms. The number of hydrogen-bond acceptors (Lipinski definition) is 4. The predicted octanol–water partition coefficient (Wildman–Crippen LogP) is 2.83. The van der Waals surface area contributed by atoms with Crippen LogP contribution in [0.3, 0.4) is 0 Å². The first-order chi connectivity index (χ1) is 12.3. The molecule has 2 aromatic carbocycles. The van der Waals surface area contributed by atoms with Crippen LogP contribution in [0.5, 0.6) is 5.75 Å². The van der Waals surface area contributed by atoms with Gasteiger partial charge in [-0.3, -0.25) is 4.90 Å². The summed E-state index contributed by atoms with van der Waals surface area (Å²) in [6.07, 6.45) is 0. The Morgan fingerprint density at radius 3 is 2.76 bits per heavy atom. The first kappa shape index (κ1) is 17.9. The van der Waals surface area contributed by atoms with Gasteiger partial charge < -0.3 is 14.8 Å². The minimum atomic E-state index is -0.233. The van der Waals surface area contributed by atoms with E-state index in [1.807, 2.05) is 24.3 Å². The molecule has 5 heteroatoms. The van der Waals surface area contributed by atoms with Crippen LogP contribution in [0.1, 0.15) is 11.1 Å². The fourth-order valence-electron chi connectivity index (χ4n) is 2.82. The molecule has 1 N–H and O–H groups in total. The van der Waals surface area contributed by atoms with Crippen LogP contribution >= 0.6 is 0 Å². The van der Waals surface area contributed by atoms with Gasteiger partial charge in [0, 0.05) is 38.3 Å². The van der Waals surface area contributed by atoms with Crippen LogP contribution < -0.4 is 10.1 Å². The quantitative estimate of drug-likeness (QED) is 0.747. The van der Waals surface area contributed by atoms with E-state index in [9.17, 15) is 4.39 Å². The Labute approximate surface area is 148 Å². The summed E-state index contributed by atoms with van der Waals surface area (Å²) in [4.78, 5) is 2.41. The van der Waals surface area contributed by atoms with Crippen molar-refractivity contribution < 1.29 is 13.9 Å². The van der Waals surface area contributed by atoms with Crippen LogP contribution in [0, 0.1) is 5.82 Å². The highest BCUT2D eigenvalue weighted by atomic mass is 19.1. The van der Waals surface area contributed by atoms with Gasteiger partial charge in [0.1, 0.15) is 18.2 Å². The Bertz CT molecular complexity index is 660. The summed E-state index contributed by atoms with van der Waals surface area (Å²) in [7, 11) is 0. The number of hydrogen-bond donors (Lipinski definition) is 1. The Kier molecular flexibility index (Phi) is 6.79. The molecule has 1 heterocycles. The van der Waals surface area contributed by atoms with Gasteiger partial charge in [-0.15, -0.1) is 0 Å². The number of nitrogens with one attached hydrogen (secondary N) is 1. The van der Waals surface area contributed by atoms with Crippen molar-refractivity contribution in [3.63, 3.8) is 0 Å². The van der Waals surface area contributed by atoms with E-state index in [0.29, 0.717) is 5.56 Å². The zero-order valence-electron chi connectivity index (χ0n) is 14.4. The maximum atomic E-state index is 13.6. The third-order valence-electron chi connectivity index (χ3n) is 4.29. The fourth-order valence-corrected chi connectivity index (χ4v) is 2.82. The second-order valence-electron chi connectivity index (χ2n) is 6.16. The van der Waals surface area contributed by atoms with E-state index in [1.54, 1.807) is 12.1 Å². The van der Waals surface area contributed by atoms with E-state index >= 15 is 0 Å². The van der Waals surface area contributed by atoms with E-state index in [4.69, 9.17) is 9.47 Å². The van der Waals surface area contributed by atoms with Crippen molar-refractivity contribution in [2.45, 2.75) is 13.2 Å². The maximum Gasteiger partial charge on any atom is 0.129 e. The van der Waals surface area contributed by atoms with Gasteiger partial charge in [-0.05, 0) is 23.8 Å². The van der Waals surface area contributed by atoms with Crippen LogP contribution in [0.4, 0.5) is 4.39 Å². The molecule has 0 bridgehead atoms. The van der Waals surface area contributed by atoms with Gasteiger partial charge in [-0.25, -0.2) is 4.39 Å². The van der Waals surface area contributed by atoms with Crippen molar-refractivity contribution in [1.29, 1.82) is 0 Å². The van der Waals surface area contributed by atoms with Crippen LogP contribution in [-0.2, 0) is 17.9 Å². The van der Waals surface area contributed by atoms with E-state index < -0.39 is 0 Å². The molecule has 0 aliphatic carbocycles. The molecule has 0 radical (unpaired) electrons. The summed E-state index contributed by atoms with van der Waals surface area (Å²) in [5, 5.41) is 3.46. The van der Waals surface area contributed by atoms with Crippen molar-refractivity contribution in [2.75, 3.05) is 39.4 Å². The molecule has 1 aliphatic heterocycles. The smallest absolute Gasteiger partial charge is 0.129 e. The number of rotatable bonds is 8. The number of benzene rings is 2. The molecule has 3 rings (SSSR count). The number of nitrogens with zero attached hydrogens (tertiary/aromatic N) is 1. The highest BCUT2D eigenvalue weighted by Crippen LogP contribution is 2.16. The highest BCUT2D eigenvalue weighted by molar-refractivity contribution is 5.29. The van der Waals surface area contributed by atoms with E-state index in [-0.39, 0.29) is 12.4 Å². The number of halogens is 1. The van der Waals surface area contributed by atoms with Crippen molar-refractivity contribution in [3.05, 3.63) is 65.5 Å². The molecule has 1 aliphatic rings. The van der Waals surface area contributed by atoms with E-state index in [1.165, 1.54) is 6.07 Å². The molecule has 1 saturated heterocycles. The first-order valence-electron chi connectivity index (χ1n) is 8.77. The minimum Gasteiger partial charge on any atom is -0.489 e. The summed E-state index contributed by atoms with van der Waals surface area (Å²) in [5.41, 5.74) is 1.73. The molecule has 2 aromatic rings. The zero-order valence-corrected chi connectivity index (χ0v) is 14.4. The average molecular weight is 344 g/mol. The summed E-state index contributed by atoms with van der Waals surface area (Å²) in [6, 6.07) is 14.6. The van der Waals surface area contributed by atoms with Crippen LogP contribution in [-0.4, -0.2) is 44.3 Å².